The largest absolute Gasteiger partial charge is 0.466 e. The summed E-state index contributed by atoms with van der Waals surface area (Å²) in [5.74, 6) is 1.97. The molecule has 1 atom stereocenters. The molecule has 2 aromatic rings. The van der Waals surface area contributed by atoms with E-state index in [0.29, 0.717) is 17.7 Å². The minimum Gasteiger partial charge on any atom is -0.466 e. The maximum absolute atomic E-state index is 12.3. The fourth-order valence-corrected chi connectivity index (χ4v) is 2.89. The summed E-state index contributed by atoms with van der Waals surface area (Å²) in [7, 11) is 0. The summed E-state index contributed by atoms with van der Waals surface area (Å²) in [6, 6.07) is 1.80. The molecule has 6 nitrogen and oxygen atoms in total. The minimum absolute atomic E-state index is 0.111. The van der Waals surface area contributed by atoms with Gasteiger partial charge in [-0.3, -0.25) is 4.79 Å². The van der Waals surface area contributed by atoms with E-state index in [1.165, 1.54) is 0 Å². The van der Waals surface area contributed by atoms with Crippen LogP contribution in [0.1, 0.15) is 54.9 Å². The summed E-state index contributed by atoms with van der Waals surface area (Å²) in [5, 5.41) is 17.5. The van der Waals surface area contributed by atoms with Crippen LogP contribution in [0.4, 0.5) is 0 Å². The SMILES string of the molecule is CCc1noc(CC)c1CC(=O)NCC(C)(O)c1cc(C)oc1C. The smallest absolute Gasteiger partial charge is 0.224 e. The first-order chi connectivity index (χ1) is 11.3. The molecular weight excluding hydrogens is 308 g/mol. The first-order valence-electron chi connectivity index (χ1n) is 8.31. The quantitative estimate of drug-likeness (QED) is 0.812. The van der Waals surface area contributed by atoms with Gasteiger partial charge in [0, 0.05) is 17.5 Å². The molecule has 0 fully saturated rings. The van der Waals surface area contributed by atoms with Gasteiger partial charge in [-0.05, 0) is 33.3 Å². The number of amides is 1. The molecule has 1 unspecified atom stereocenters. The molecule has 0 aromatic carbocycles. The van der Waals surface area contributed by atoms with Crippen LogP contribution in [0.25, 0.3) is 0 Å². The van der Waals surface area contributed by atoms with Crippen molar-refractivity contribution in [2.24, 2.45) is 0 Å². The molecule has 0 aliphatic rings. The van der Waals surface area contributed by atoms with E-state index in [1.807, 2.05) is 20.8 Å². The van der Waals surface area contributed by atoms with Gasteiger partial charge in [0.25, 0.3) is 0 Å². The van der Waals surface area contributed by atoms with Crippen LogP contribution in [0, 0.1) is 13.8 Å². The van der Waals surface area contributed by atoms with Gasteiger partial charge in [0.05, 0.1) is 18.7 Å². The van der Waals surface area contributed by atoms with E-state index in [-0.39, 0.29) is 18.9 Å². The summed E-state index contributed by atoms with van der Waals surface area (Å²) >= 11 is 0. The molecule has 2 rings (SSSR count). The number of hydrogen-bond acceptors (Lipinski definition) is 5. The highest BCUT2D eigenvalue weighted by Gasteiger charge is 2.28. The lowest BCUT2D eigenvalue weighted by Crippen LogP contribution is -2.39. The van der Waals surface area contributed by atoms with Crippen LogP contribution in [-0.4, -0.2) is 22.7 Å². The van der Waals surface area contributed by atoms with Crippen molar-refractivity contribution in [2.45, 2.75) is 59.5 Å². The van der Waals surface area contributed by atoms with E-state index in [4.69, 9.17) is 8.94 Å². The average molecular weight is 334 g/mol. The third kappa shape index (κ3) is 3.87. The summed E-state index contributed by atoms with van der Waals surface area (Å²) < 4.78 is 10.7. The second kappa shape index (κ2) is 7.21. The number of aryl methyl sites for hydroxylation is 4. The Labute approximate surface area is 142 Å². The fourth-order valence-electron chi connectivity index (χ4n) is 2.89. The van der Waals surface area contributed by atoms with Crippen molar-refractivity contribution in [2.75, 3.05) is 6.54 Å². The maximum Gasteiger partial charge on any atom is 0.224 e. The molecule has 0 spiro atoms. The second-order valence-corrected chi connectivity index (χ2v) is 6.29. The monoisotopic (exact) mass is 334 g/mol. The molecule has 6 heteroatoms. The first-order valence-corrected chi connectivity index (χ1v) is 8.31. The molecular formula is C18H26N2O4. The Morgan fingerprint density at radius 3 is 2.58 bits per heavy atom. The van der Waals surface area contributed by atoms with Crippen molar-refractivity contribution in [1.82, 2.24) is 10.5 Å². The molecule has 0 saturated carbocycles. The maximum atomic E-state index is 12.3. The molecule has 24 heavy (non-hydrogen) atoms. The number of carbonyl (C=O) groups excluding carboxylic acids is 1. The van der Waals surface area contributed by atoms with Gasteiger partial charge in [0.1, 0.15) is 22.9 Å². The molecule has 0 aliphatic heterocycles. The van der Waals surface area contributed by atoms with Crippen LogP contribution in [0.3, 0.4) is 0 Å². The van der Waals surface area contributed by atoms with Crippen molar-refractivity contribution in [3.8, 4) is 0 Å². The Bertz CT molecular complexity index is 691. The molecule has 0 radical (unpaired) electrons. The lowest BCUT2D eigenvalue weighted by atomic mass is 9.96. The van der Waals surface area contributed by atoms with Crippen molar-refractivity contribution in [3.05, 3.63) is 40.2 Å². The van der Waals surface area contributed by atoms with Gasteiger partial charge in [-0.1, -0.05) is 19.0 Å². The minimum atomic E-state index is -1.19. The van der Waals surface area contributed by atoms with E-state index in [2.05, 4.69) is 10.5 Å². The summed E-state index contributed by atoms with van der Waals surface area (Å²) in [6.07, 6.45) is 1.62. The lowest BCUT2D eigenvalue weighted by Gasteiger charge is -2.23. The fraction of sp³-hybridized carbons (Fsp3) is 0.556. The summed E-state index contributed by atoms with van der Waals surface area (Å²) in [4.78, 5) is 12.3. The van der Waals surface area contributed by atoms with E-state index in [1.54, 1.807) is 19.9 Å². The zero-order valence-corrected chi connectivity index (χ0v) is 15.0. The Kier molecular flexibility index (Phi) is 5.49. The molecule has 132 valence electrons. The van der Waals surface area contributed by atoms with Crippen molar-refractivity contribution < 1.29 is 18.8 Å². The molecule has 0 aliphatic carbocycles. The van der Waals surface area contributed by atoms with Crippen LogP contribution in [0.2, 0.25) is 0 Å². The van der Waals surface area contributed by atoms with Gasteiger partial charge < -0.3 is 19.4 Å². The Morgan fingerprint density at radius 2 is 2.04 bits per heavy atom. The number of rotatable bonds is 7. The highest BCUT2D eigenvalue weighted by Crippen LogP contribution is 2.26. The van der Waals surface area contributed by atoms with Gasteiger partial charge in [-0.2, -0.15) is 0 Å². The second-order valence-electron chi connectivity index (χ2n) is 6.29. The van der Waals surface area contributed by atoms with Gasteiger partial charge in [0.15, 0.2) is 0 Å². The molecule has 2 N–H and O–H groups in total. The Balaban J connectivity index is 2.03. The van der Waals surface area contributed by atoms with Gasteiger partial charge in [-0.25, -0.2) is 0 Å². The van der Waals surface area contributed by atoms with Crippen molar-refractivity contribution >= 4 is 5.91 Å². The average Bonchev–Trinajstić information content (AvgIpc) is 3.08. The van der Waals surface area contributed by atoms with Crippen LogP contribution in [0.15, 0.2) is 15.0 Å². The number of hydrogen-bond donors (Lipinski definition) is 2. The molecule has 2 heterocycles. The topological polar surface area (TPSA) is 88.5 Å². The number of furan rings is 1. The summed E-state index contributed by atoms with van der Waals surface area (Å²) in [6.45, 7) is 9.36. The van der Waals surface area contributed by atoms with Crippen LogP contribution >= 0.6 is 0 Å². The standard InChI is InChI=1S/C18H26N2O4/c1-6-15-13(16(7-2)24-20-15)9-17(21)19-10-18(5,22)14-8-11(3)23-12(14)4/h8,22H,6-7,9-10H2,1-5H3,(H,19,21). The number of nitrogens with one attached hydrogen (secondary N) is 1. The van der Waals surface area contributed by atoms with Crippen molar-refractivity contribution in [1.29, 1.82) is 0 Å². The van der Waals surface area contributed by atoms with Gasteiger partial charge >= 0.3 is 0 Å². The zero-order chi connectivity index (χ0) is 17.9. The molecule has 1 amide bonds. The first kappa shape index (κ1) is 18.3. The van der Waals surface area contributed by atoms with E-state index >= 15 is 0 Å². The number of carbonyl (C=O) groups is 1. The van der Waals surface area contributed by atoms with Gasteiger partial charge in [0.2, 0.25) is 5.91 Å². The normalized spacial score (nSPS) is 13.8. The van der Waals surface area contributed by atoms with Gasteiger partial charge in [-0.15, -0.1) is 0 Å². The number of aromatic nitrogens is 1. The van der Waals surface area contributed by atoms with Crippen LogP contribution in [0.5, 0.6) is 0 Å². The van der Waals surface area contributed by atoms with E-state index in [0.717, 1.165) is 29.2 Å². The van der Waals surface area contributed by atoms with E-state index in [9.17, 15) is 9.90 Å². The Morgan fingerprint density at radius 1 is 1.33 bits per heavy atom. The Hall–Kier alpha value is -2.08. The molecule has 2 aromatic heterocycles. The third-order valence-electron chi connectivity index (χ3n) is 4.20. The van der Waals surface area contributed by atoms with Crippen molar-refractivity contribution in [3.63, 3.8) is 0 Å². The highest BCUT2D eigenvalue weighted by atomic mass is 16.5. The predicted molar refractivity (Wildman–Crippen MR) is 89.7 cm³/mol. The predicted octanol–water partition coefficient (Wildman–Crippen LogP) is 2.58. The highest BCUT2D eigenvalue weighted by molar-refractivity contribution is 5.79. The third-order valence-corrected chi connectivity index (χ3v) is 4.20. The molecule has 0 saturated heterocycles. The number of nitrogens with zero attached hydrogens (tertiary/aromatic N) is 1. The summed E-state index contributed by atoms with van der Waals surface area (Å²) in [5.41, 5.74) is 1.17. The number of aliphatic hydroxyl groups is 1. The molecule has 0 bridgehead atoms. The van der Waals surface area contributed by atoms with Crippen LogP contribution in [-0.2, 0) is 29.7 Å². The lowest BCUT2D eigenvalue weighted by molar-refractivity contribution is -0.121. The van der Waals surface area contributed by atoms with E-state index < -0.39 is 5.60 Å². The van der Waals surface area contributed by atoms with Crippen LogP contribution < -0.4 is 5.32 Å². The zero-order valence-electron chi connectivity index (χ0n) is 15.0.